The maximum absolute atomic E-state index is 10.4. The lowest BCUT2D eigenvalue weighted by Gasteiger charge is -2.40. The summed E-state index contributed by atoms with van der Waals surface area (Å²) in [6, 6.07) is 13.3. The quantitative estimate of drug-likeness (QED) is 0.489. The molecule has 2 aromatic rings. The average molecular weight is 477 g/mol. The Labute approximate surface area is 199 Å². The summed E-state index contributed by atoms with van der Waals surface area (Å²) in [6.45, 7) is 2.56. The van der Waals surface area contributed by atoms with Gasteiger partial charge in [0.1, 0.15) is 36.3 Å². The summed E-state index contributed by atoms with van der Waals surface area (Å²) in [4.78, 5) is 0. The van der Waals surface area contributed by atoms with E-state index in [0.29, 0.717) is 17.0 Å². The van der Waals surface area contributed by atoms with Crippen LogP contribution in [0, 0.1) is 5.41 Å². The number of halogens is 1. The van der Waals surface area contributed by atoms with E-state index in [1.54, 1.807) is 12.1 Å². The summed E-state index contributed by atoms with van der Waals surface area (Å²) in [6.07, 6.45) is -0.399. The molecule has 0 unspecified atom stereocenters. The van der Waals surface area contributed by atoms with Crippen LogP contribution >= 0.6 is 11.6 Å². The lowest BCUT2D eigenvalue weighted by Crippen LogP contribution is -2.55. The predicted molar refractivity (Wildman–Crippen MR) is 125 cm³/mol. The van der Waals surface area contributed by atoms with Crippen molar-refractivity contribution in [1.29, 1.82) is 0 Å². The minimum atomic E-state index is -1.42. The molecule has 0 spiro atoms. The zero-order chi connectivity index (χ0) is 23.6. The summed E-state index contributed by atoms with van der Waals surface area (Å²) in [5.74, 6) is 0.855. The van der Waals surface area contributed by atoms with E-state index in [4.69, 9.17) is 21.1 Å². The second-order valence-electron chi connectivity index (χ2n) is 9.73. The number of hydrogen-bond donors (Lipinski definition) is 4. The van der Waals surface area contributed by atoms with Crippen molar-refractivity contribution in [2.24, 2.45) is 5.41 Å². The van der Waals surface area contributed by atoms with E-state index in [1.165, 1.54) is 25.7 Å². The standard InChI is InChI=1S/C26H33ClO6/c1-26(10-2-3-11-26)15-32-19-7-4-16(5-8-19)12-18-13-17(6-9-20(18)27)25-24(31)23(30)22(29)21(14-28)33-25/h4-9,13,21-25,28-31H,2-3,10-12,14-15H2,1H3/t21-,22-,23+,24-,25+/m1/s1. The van der Waals surface area contributed by atoms with Crippen LogP contribution < -0.4 is 4.74 Å². The van der Waals surface area contributed by atoms with Crippen LogP contribution in [0.5, 0.6) is 5.75 Å². The van der Waals surface area contributed by atoms with Gasteiger partial charge < -0.3 is 29.9 Å². The Balaban J connectivity index is 1.45. The number of rotatable bonds is 7. The maximum Gasteiger partial charge on any atom is 0.119 e. The number of aliphatic hydroxyl groups is 4. The first-order valence-corrected chi connectivity index (χ1v) is 12.0. The average Bonchev–Trinajstić information content (AvgIpc) is 3.25. The fourth-order valence-corrected chi connectivity index (χ4v) is 5.02. The Morgan fingerprint density at radius 1 is 1.00 bits per heavy atom. The van der Waals surface area contributed by atoms with Gasteiger partial charge in [-0.25, -0.2) is 0 Å². The highest BCUT2D eigenvalue weighted by Gasteiger charge is 2.44. The van der Waals surface area contributed by atoms with Crippen LogP contribution in [0.3, 0.4) is 0 Å². The van der Waals surface area contributed by atoms with Crippen molar-refractivity contribution >= 4 is 11.6 Å². The van der Waals surface area contributed by atoms with E-state index in [0.717, 1.165) is 23.5 Å². The molecule has 0 bridgehead atoms. The van der Waals surface area contributed by atoms with Crippen LogP contribution in [0.4, 0.5) is 0 Å². The molecule has 33 heavy (non-hydrogen) atoms. The molecule has 180 valence electrons. The summed E-state index contributed by atoms with van der Waals surface area (Å²) in [5.41, 5.74) is 2.80. The van der Waals surface area contributed by atoms with Gasteiger partial charge in [0, 0.05) is 10.4 Å². The van der Waals surface area contributed by atoms with Crippen LogP contribution in [-0.4, -0.2) is 58.1 Å². The molecular weight excluding hydrogens is 444 g/mol. The molecule has 5 atom stereocenters. The lowest BCUT2D eigenvalue weighted by atomic mass is 9.90. The predicted octanol–water partition coefficient (Wildman–Crippen LogP) is 3.40. The largest absolute Gasteiger partial charge is 0.493 e. The molecule has 6 nitrogen and oxygen atoms in total. The molecular formula is C26H33ClO6. The van der Waals surface area contributed by atoms with Gasteiger partial charge in [0.25, 0.3) is 0 Å². The Bertz CT molecular complexity index is 925. The molecule has 2 fully saturated rings. The third-order valence-electron chi connectivity index (χ3n) is 7.01. The maximum atomic E-state index is 10.4. The highest BCUT2D eigenvalue weighted by Crippen LogP contribution is 2.38. The molecule has 1 saturated heterocycles. The third-order valence-corrected chi connectivity index (χ3v) is 7.38. The minimum Gasteiger partial charge on any atom is -0.493 e. The van der Waals surface area contributed by atoms with Crippen LogP contribution in [0.15, 0.2) is 42.5 Å². The molecule has 1 aliphatic carbocycles. The second kappa shape index (κ2) is 10.3. The smallest absolute Gasteiger partial charge is 0.119 e. The van der Waals surface area contributed by atoms with E-state index < -0.39 is 37.1 Å². The Kier molecular flexibility index (Phi) is 7.63. The summed E-state index contributed by atoms with van der Waals surface area (Å²) in [5, 5.41) is 40.6. The number of aliphatic hydroxyl groups excluding tert-OH is 4. The SMILES string of the molecule is CC1(COc2ccc(Cc3cc([C@@H]4O[C@H](CO)[C@@H](O)[C@H](O)[C@H]4O)ccc3Cl)cc2)CCCC1. The summed E-state index contributed by atoms with van der Waals surface area (Å²) >= 11 is 6.44. The van der Waals surface area contributed by atoms with Crippen molar-refractivity contribution in [3.8, 4) is 5.75 Å². The molecule has 4 rings (SSSR count). The first kappa shape index (κ1) is 24.5. The first-order chi connectivity index (χ1) is 15.8. The van der Waals surface area contributed by atoms with E-state index in [2.05, 4.69) is 6.92 Å². The molecule has 4 N–H and O–H groups in total. The van der Waals surface area contributed by atoms with Crippen molar-refractivity contribution in [2.75, 3.05) is 13.2 Å². The van der Waals surface area contributed by atoms with E-state index >= 15 is 0 Å². The van der Waals surface area contributed by atoms with Crippen LogP contribution in [-0.2, 0) is 11.2 Å². The monoisotopic (exact) mass is 476 g/mol. The van der Waals surface area contributed by atoms with Gasteiger partial charge in [0.05, 0.1) is 13.2 Å². The zero-order valence-corrected chi connectivity index (χ0v) is 19.6. The third kappa shape index (κ3) is 5.53. The van der Waals surface area contributed by atoms with Crippen LogP contribution in [0.1, 0.15) is 55.4 Å². The molecule has 7 heteroatoms. The molecule has 2 aliphatic rings. The zero-order valence-electron chi connectivity index (χ0n) is 18.9. The highest BCUT2D eigenvalue weighted by molar-refractivity contribution is 6.31. The van der Waals surface area contributed by atoms with Crippen LogP contribution in [0.25, 0.3) is 0 Å². The van der Waals surface area contributed by atoms with Gasteiger partial charge in [-0.3, -0.25) is 0 Å². The van der Waals surface area contributed by atoms with Gasteiger partial charge in [-0.05, 0) is 54.2 Å². The highest BCUT2D eigenvalue weighted by atomic mass is 35.5. The fraction of sp³-hybridized carbons (Fsp3) is 0.538. The molecule has 2 aromatic carbocycles. The van der Waals surface area contributed by atoms with Crippen molar-refractivity contribution in [3.05, 3.63) is 64.2 Å². The molecule has 1 aliphatic heterocycles. The topological polar surface area (TPSA) is 99.4 Å². The van der Waals surface area contributed by atoms with Crippen molar-refractivity contribution in [2.45, 2.75) is 69.5 Å². The van der Waals surface area contributed by atoms with Crippen molar-refractivity contribution in [1.82, 2.24) is 0 Å². The molecule has 0 amide bonds. The normalized spacial score (nSPS) is 29.2. The summed E-state index contributed by atoms with van der Waals surface area (Å²) < 4.78 is 11.7. The van der Waals surface area contributed by atoms with Gasteiger partial charge in [0.2, 0.25) is 0 Å². The lowest BCUT2D eigenvalue weighted by molar-refractivity contribution is -0.231. The van der Waals surface area contributed by atoms with Gasteiger partial charge in [-0.1, -0.05) is 55.6 Å². The van der Waals surface area contributed by atoms with Crippen molar-refractivity contribution in [3.63, 3.8) is 0 Å². The second-order valence-corrected chi connectivity index (χ2v) is 10.1. The number of benzene rings is 2. The van der Waals surface area contributed by atoms with E-state index in [1.807, 2.05) is 30.3 Å². The van der Waals surface area contributed by atoms with Gasteiger partial charge >= 0.3 is 0 Å². The molecule has 0 aromatic heterocycles. The molecule has 1 saturated carbocycles. The Hall–Kier alpha value is -1.67. The van der Waals surface area contributed by atoms with Crippen LogP contribution in [0.2, 0.25) is 5.02 Å². The minimum absolute atomic E-state index is 0.275. The Morgan fingerprint density at radius 2 is 1.70 bits per heavy atom. The van der Waals surface area contributed by atoms with Gasteiger partial charge in [-0.15, -0.1) is 0 Å². The number of ether oxygens (including phenoxy) is 2. The Morgan fingerprint density at radius 3 is 2.36 bits per heavy atom. The molecule has 0 radical (unpaired) electrons. The first-order valence-electron chi connectivity index (χ1n) is 11.6. The number of hydrogen-bond acceptors (Lipinski definition) is 6. The molecule has 1 heterocycles. The van der Waals surface area contributed by atoms with Gasteiger partial charge in [-0.2, -0.15) is 0 Å². The van der Waals surface area contributed by atoms with E-state index in [9.17, 15) is 20.4 Å². The van der Waals surface area contributed by atoms with E-state index in [-0.39, 0.29) is 5.41 Å². The van der Waals surface area contributed by atoms with Gasteiger partial charge in [0.15, 0.2) is 0 Å². The fourth-order valence-electron chi connectivity index (χ4n) is 4.84. The van der Waals surface area contributed by atoms with Crippen molar-refractivity contribution < 1.29 is 29.9 Å². The summed E-state index contributed by atoms with van der Waals surface area (Å²) in [7, 11) is 0.